The maximum Gasteiger partial charge on any atom is 0.119 e. The molecule has 0 aromatic heterocycles. The number of ether oxygens (including phenoxy) is 1. The van der Waals surface area contributed by atoms with E-state index >= 15 is 0 Å². The van der Waals surface area contributed by atoms with Crippen LogP contribution in [0.15, 0.2) is 78.9 Å². The molecule has 3 heteroatoms. The molecule has 1 aliphatic heterocycles. The first-order chi connectivity index (χ1) is 14.7. The van der Waals surface area contributed by atoms with E-state index < -0.39 is 0 Å². The number of aromatic hydroxyl groups is 1. The highest BCUT2D eigenvalue weighted by Crippen LogP contribution is 2.35. The van der Waals surface area contributed by atoms with Gasteiger partial charge in [-0.05, 0) is 77.9 Å². The zero-order chi connectivity index (χ0) is 20.8. The van der Waals surface area contributed by atoms with E-state index in [0.29, 0.717) is 12.6 Å². The average Bonchev–Trinajstić information content (AvgIpc) is 3.32. The largest absolute Gasteiger partial charge is 0.508 e. The number of rotatable bonds is 7. The molecule has 0 aliphatic carbocycles. The predicted octanol–water partition coefficient (Wildman–Crippen LogP) is 5.89. The number of phenols is 1. The van der Waals surface area contributed by atoms with Crippen LogP contribution in [-0.2, 0) is 0 Å². The molecule has 4 rings (SSSR count). The average molecular weight is 400 g/mol. The summed E-state index contributed by atoms with van der Waals surface area (Å²) in [6.45, 7) is 3.99. The number of phenolic OH excluding ortho intramolecular Hbond substituents is 1. The number of hydrogen-bond acceptors (Lipinski definition) is 3. The smallest absolute Gasteiger partial charge is 0.119 e. The minimum absolute atomic E-state index is 0.278. The third-order valence-electron chi connectivity index (χ3n) is 5.69. The Labute approximate surface area is 179 Å². The fraction of sp³-hybridized carbons (Fsp3) is 0.259. The maximum absolute atomic E-state index is 9.77. The van der Waals surface area contributed by atoms with Crippen molar-refractivity contribution >= 4 is 11.1 Å². The molecule has 3 nitrogen and oxygen atoms in total. The molecule has 3 aromatic carbocycles. The van der Waals surface area contributed by atoms with Crippen molar-refractivity contribution in [2.24, 2.45) is 0 Å². The van der Waals surface area contributed by atoms with E-state index in [2.05, 4.69) is 60.8 Å². The maximum atomic E-state index is 9.77. The number of nitrogens with one attached hydrogen (secondary N) is 1. The highest BCUT2D eigenvalue weighted by Gasteiger charge is 2.15. The molecule has 0 spiro atoms. The van der Waals surface area contributed by atoms with Gasteiger partial charge in [-0.2, -0.15) is 0 Å². The summed E-state index contributed by atoms with van der Waals surface area (Å²) in [6, 6.07) is 26.8. The summed E-state index contributed by atoms with van der Waals surface area (Å²) in [5.41, 5.74) is 5.93. The number of benzene rings is 3. The van der Waals surface area contributed by atoms with Gasteiger partial charge >= 0.3 is 0 Å². The molecule has 3 aromatic rings. The van der Waals surface area contributed by atoms with E-state index in [1.54, 1.807) is 12.1 Å². The zero-order valence-corrected chi connectivity index (χ0v) is 17.5. The molecule has 1 fully saturated rings. The topological polar surface area (TPSA) is 41.5 Å². The van der Waals surface area contributed by atoms with Gasteiger partial charge in [0.2, 0.25) is 0 Å². The molecule has 0 bridgehead atoms. The Kier molecular flexibility index (Phi) is 6.50. The molecule has 154 valence electrons. The second-order valence-electron chi connectivity index (χ2n) is 7.75. The molecule has 1 aliphatic rings. The van der Waals surface area contributed by atoms with Crippen LogP contribution in [-0.4, -0.2) is 24.3 Å². The summed E-state index contributed by atoms with van der Waals surface area (Å²) in [5, 5.41) is 13.2. The third-order valence-corrected chi connectivity index (χ3v) is 5.69. The normalized spacial score (nSPS) is 16.9. The van der Waals surface area contributed by atoms with Gasteiger partial charge in [0, 0.05) is 6.04 Å². The molecule has 0 radical (unpaired) electrons. The van der Waals surface area contributed by atoms with Gasteiger partial charge in [0.15, 0.2) is 0 Å². The van der Waals surface area contributed by atoms with Crippen molar-refractivity contribution in [2.45, 2.75) is 32.2 Å². The van der Waals surface area contributed by atoms with Crippen LogP contribution in [0.5, 0.6) is 11.5 Å². The van der Waals surface area contributed by atoms with Crippen molar-refractivity contribution in [1.29, 1.82) is 0 Å². The van der Waals surface area contributed by atoms with Crippen molar-refractivity contribution in [3.63, 3.8) is 0 Å². The lowest BCUT2D eigenvalue weighted by atomic mass is 9.88. The summed E-state index contributed by atoms with van der Waals surface area (Å²) in [4.78, 5) is 0. The van der Waals surface area contributed by atoms with E-state index in [9.17, 15) is 5.11 Å². The molecule has 30 heavy (non-hydrogen) atoms. The fourth-order valence-electron chi connectivity index (χ4n) is 4.12. The second kappa shape index (κ2) is 9.64. The van der Waals surface area contributed by atoms with Crippen molar-refractivity contribution in [2.75, 3.05) is 13.2 Å². The Balaban J connectivity index is 1.68. The van der Waals surface area contributed by atoms with Crippen LogP contribution in [0.1, 0.15) is 42.9 Å². The summed E-state index contributed by atoms with van der Waals surface area (Å²) in [6.07, 6.45) is 3.32. The molecule has 0 saturated carbocycles. The van der Waals surface area contributed by atoms with Gasteiger partial charge in [0.05, 0.1) is 0 Å². The summed E-state index contributed by atoms with van der Waals surface area (Å²) >= 11 is 0. The highest BCUT2D eigenvalue weighted by molar-refractivity contribution is 5.98. The van der Waals surface area contributed by atoms with Crippen molar-refractivity contribution in [1.82, 2.24) is 5.32 Å². The SMILES string of the molecule is CC/C(=C(\c1ccc(O)cc1)c1ccc(OC[C@@H]2CCCN2)cc1)c1ccccc1. The first-order valence-corrected chi connectivity index (χ1v) is 10.8. The van der Waals surface area contributed by atoms with Gasteiger partial charge in [-0.15, -0.1) is 0 Å². The Morgan fingerprint density at radius 2 is 1.57 bits per heavy atom. The molecule has 1 atom stereocenters. The molecule has 0 unspecified atom stereocenters. The lowest BCUT2D eigenvalue weighted by molar-refractivity contribution is 0.277. The Morgan fingerprint density at radius 3 is 2.17 bits per heavy atom. The first kappa shape index (κ1) is 20.2. The van der Waals surface area contributed by atoms with Crippen molar-refractivity contribution in [3.8, 4) is 11.5 Å². The fourth-order valence-corrected chi connectivity index (χ4v) is 4.12. The van der Waals surface area contributed by atoms with Gasteiger partial charge in [-0.3, -0.25) is 0 Å². The molecule has 0 amide bonds. The number of allylic oxidation sites excluding steroid dienone is 1. The van der Waals surface area contributed by atoms with Gasteiger partial charge in [0.25, 0.3) is 0 Å². The number of hydrogen-bond donors (Lipinski definition) is 2. The van der Waals surface area contributed by atoms with E-state index in [1.165, 1.54) is 29.6 Å². The van der Waals surface area contributed by atoms with Crippen molar-refractivity contribution < 1.29 is 9.84 Å². The van der Waals surface area contributed by atoms with E-state index in [-0.39, 0.29) is 5.75 Å². The monoisotopic (exact) mass is 399 g/mol. The van der Waals surface area contributed by atoms with Crippen LogP contribution in [0.25, 0.3) is 11.1 Å². The molecule has 1 heterocycles. The standard InChI is InChI=1S/C27H29NO2/c1-2-26(20-7-4-3-5-8-20)27(21-10-14-24(29)15-11-21)22-12-16-25(17-13-22)30-19-23-9-6-18-28-23/h3-5,7-8,10-17,23,28-29H,2,6,9,18-19H2,1H3/b27-26-/t23-/m0/s1. The van der Waals surface area contributed by atoms with Crippen LogP contribution < -0.4 is 10.1 Å². The molecule has 1 saturated heterocycles. The van der Waals surface area contributed by atoms with Crippen LogP contribution in [0.4, 0.5) is 0 Å². The predicted molar refractivity (Wildman–Crippen MR) is 124 cm³/mol. The van der Waals surface area contributed by atoms with Crippen LogP contribution in [0.3, 0.4) is 0 Å². The lowest BCUT2D eigenvalue weighted by Gasteiger charge is -2.17. The Morgan fingerprint density at radius 1 is 0.900 bits per heavy atom. The zero-order valence-electron chi connectivity index (χ0n) is 17.5. The van der Waals surface area contributed by atoms with Gasteiger partial charge in [-0.1, -0.05) is 61.5 Å². The lowest BCUT2D eigenvalue weighted by Crippen LogP contribution is -2.28. The molecular formula is C27H29NO2. The minimum Gasteiger partial charge on any atom is -0.508 e. The highest BCUT2D eigenvalue weighted by atomic mass is 16.5. The Hall–Kier alpha value is -3.04. The van der Waals surface area contributed by atoms with E-state index in [4.69, 9.17) is 4.74 Å². The van der Waals surface area contributed by atoms with Gasteiger partial charge in [-0.25, -0.2) is 0 Å². The minimum atomic E-state index is 0.278. The van der Waals surface area contributed by atoms with Crippen molar-refractivity contribution in [3.05, 3.63) is 95.6 Å². The molecule has 2 N–H and O–H groups in total. The molecular weight excluding hydrogens is 370 g/mol. The summed E-state index contributed by atoms with van der Waals surface area (Å²) in [5.74, 6) is 1.18. The summed E-state index contributed by atoms with van der Waals surface area (Å²) in [7, 11) is 0. The summed E-state index contributed by atoms with van der Waals surface area (Å²) < 4.78 is 6.01. The van der Waals surface area contributed by atoms with E-state index in [0.717, 1.165) is 29.8 Å². The Bertz CT molecular complexity index is 970. The van der Waals surface area contributed by atoms with Crippen LogP contribution in [0, 0.1) is 0 Å². The quantitative estimate of drug-likeness (QED) is 0.487. The first-order valence-electron chi connectivity index (χ1n) is 10.8. The van der Waals surface area contributed by atoms with Gasteiger partial charge in [0.1, 0.15) is 18.1 Å². The van der Waals surface area contributed by atoms with Crippen LogP contribution >= 0.6 is 0 Å². The second-order valence-corrected chi connectivity index (χ2v) is 7.75. The van der Waals surface area contributed by atoms with Crippen LogP contribution in [0.2, 0.25) is 0 Å². The van der Waals surface area contributed by atoms with Gasteiger partial charge < -0.3 is 15.2 Å². The van der Waals surface area contributed by atoms with E-state index in [1.807, 2.05) is 18.2 Å². The third kappa shape index (κ3) is 4.74.